The molecule has 1 aliphatic carbocycles. The van der Waals surface area contributed by atoms with Crippen LogP contribution in [0.1, 0.15) is 44.1 Å². The second kappa shape index (κ2) is 6.16. The van der Waals surface area contributed by atoms with E-state index in [4.69, 9.17) is 0 Å². The minimum atomic E-state index is -0.0762. The number of amides is 2. The molecule has 1 aliphatic heterocycles. The molecule has 2 aliphatic rings. The van der Waals surface area contributed by atoms with Gasteiger partial charge in [0.15, 0.2) is 0 Å². The van der Waals surface area contributed by atoms with Crippen molar-refractivity contribution in [2.24, 2.45) is 0 Å². The molecule has 1 aromatic carbocycles. The van der Waals surface area contributed by atoms with Gasteiger partial charge in [-0.25, -0.2) is 4.79 Å². The van der Waals surface area contributed by atoms with Gasteiger partial charge in [0.05, 0.1) is 0 Å². The molecule has 108 valence electrons. The van der Waals surface area contributed by atoms with Gasteiger partial charge in [0.25, 0.3) is 0 Å². The predicted octanol–water partition coefficient (Wildman–Crippen LogP) is 3.50. The minimum Gasteiger partial charge on any atom is -0.385 e. The first kappa shape index (κ1) is 13.3. The first-order valence-corrected chi connectivity index (χ1v) is 7.75. The number of carbonyl (C=O) groups excluding carboxylic acids is 1. The maximum Gasteiger partial charge on any atom is 0.319 e. The zero-order valence-electron chi connectivity index (χ0n) is 11.9. The molecule has 20 heavy (non-hydrogen) atoms. The van der Waals surface area contributed by atoms with Crippen molar-refractivity contribution in [3.8, 4) is 0 Å². The van der Waals surface area contributed by atoms with E-state index in [0.717, 1.165) is 37.2 Å². The number of urea groups is 1. The van der Waals surface area contributed by atoms with E-state index in [9.17, 15) is 4.79 Å². The highest BCUT2D eigenvalue weighted by Crippen LogP contribution is 2.25. The van der Waals surface area contributed by atoms with Crippen molar-refractivity contribution >= 4 is 17.4 Å². The number of benzene rings is 1. The molecular formula is C16H23N3O. The molecule has 0 aromatic heterocycles. The maximum absolute atomic E-state index is 12.0. The number of carbonyl (C=O) groups is 1. The van der Waals surface area contributed by atoms with Gasteiger partial charge < -0.3 is 16.0 Å². The Morgan fingerprint density at radius 3 is 2.85 bits per heavy atom. The topological polar surface area (TPSA) is 53.2 Å². The Morgan fingerprint density at radius 2 is 2.00 bits per heavy atom. The van der Waals surface area contributed by atoms with E-state index in [1.807, 2.05) is 12.1 Å². The highest BCUT2D eigenvalue weighted by Gasteiger charge is 2.16. The Kier molecular flexibility index (Phi) is 4.09. The summed E-state index contributed by atoms with van der Waals surface area (Å²) in [6.07, 6.45) is 8.29. The van der Waals surface area contributed by atoms with Gasteiger partial charge in [0, 0.05) is 24.0 Å². The average Bonchev–Trinajstić information content (AvgIpc) is 2.48. The number of fused-ring (bicyclic) bond motifs is 1. The molecule has 0 bridgehead atoms. The van der Waals surface area contributed by atoms with Crippen LogP contribution < -0.4 is 16.0 Å². The van der Waals surface area contributed by atoms with Crippen molar-refractivity contribution in [1.29, 1.82) is 0 Å². The van der Waals surface area contributed by atoms with Crippen molar-refractivity contribution in [2.45, 2.75) is 51.0 Å². The zero-order valence-corrected chi connectivity index (χ0v) is 11.9. The maximum atomic E-state index is 12.0. The van der Waals surface area contributed by atoms with E-state index in [0.29, 0.717) is 6.04 Å². The van der Waals surface area contributed by atoms with E-state index in [-0.39, 0.29) is 6.03 Å². The summed E-state index contributed by atoms with van der Waals surface area (Å²) in [6.45, 7) is 1.02. The van der Waals surface area contributed by atoms with Crippen LogP contribution in [0, 0.1) is 0 Å². The third-order valence-electron chi connectivity index (χ3n) is 4.25. The van der Waals surface area contributed by atoms with Crippen LogP contribution in [0.25, 0.3) is 0 Å². The molecule has 1 heterocycles. The molecule has 3 N–H and O–H groups in total. The lowest BCUT2D eigenvalue weighted by Gasteiger charge is -2.23. The summed E-state index contributed by atoms with van der Waals surface area (Å²) >= 11 is 0. The molecule has 1 fully saturated rings. The van der Waals surface area contributed by atoms with Crippen molar-refractivity contribution in [1.82, 2.24) is 5.32 Å². The van der Waals surface area contributed by atoms with Gasteiger partial charge in [-0.15, -0.1) is 0 Å². The Hall–Kier alpha value is -1.71. The Balaban J connectivity index is 1.58. The van der Waals surface area contributed by atoms with Crippen LogP contribution in [0.5, 0.6) is 0 Å². The fourth-order valence-electron chi connectivity index (χ4n) is 3.14. The van der Waals surface area contributed by atoms with Crippen LogP contribution in [0.3, 0.4) is 0 Å². The smallest absolute Gasteiger partial charge is 0.319 e. The van der Waals surface area contributed by atoms with Crippen molar-refractivity contribution < 1.29 is 4.79 Å². The summed E-state index contributed by atoms with van der Waals surface area (Å²) in [5.41, 5.74) is 3.37. The fraction of sp³-hybridized carbons (Fsp3) is 0.562. The molecule has 2 amide bonds. The van der Waals surface area contributed by atoms with E-state index in [2.05, 4.69) is 22.0 Å². The predicted molar refractivity (Wildman–Crippen MR) is 82.3 cm³/mol. The summed E-state index contributed by atoms with van der Waals surface area (Å²) in [7, 11) is 0. The van der Waals surface area contributed by atoms with Crippen LogP contribution >= 0.6 is 0 Å². The third kappa shape index (κ3) is 3.24. The Morgan fingerprint density at radius 1 is 1.15 bits per heavy atom. The van der Waals surface area contributed by atoms with E-state index < -0.39 is 0 Å². The van der Waals surface area contributed by atoms with Crippen molar-refractivity contribution in [3.63, 3.8) is 0 Å². The van der Waals surface area contributed by atoms with Gasteiger partial charge in [-0.2, -0.15) is 0 Å². The minimum absolute atomic E-state index is 0.0762. The van der Waals surface area contributed by atoms with Gasteiger partial charge in [0.1, 0.15) is 0 Å². The van der Waals surface area contributed by atoms with Gasteiger partial charge in [-0.05, 0) is 43.4 Å². The van der Waals surface area contributed by atoms with Crippen molar-refractivity contribution in [2.75, 3.05) is 17.2 Å². The number of hydrogen-bond donors (Lipinski definition) is 3. The Bertz CT molecular complexity index is 481. The SMILES string of the molecule is O=C(Nc1ccc2c(c1)NCCC2)NC1CCCCC1. The van der Waals surface area contributed by atoms with Crippen LogP contribution in [0.2, 0.25) is 0 Å². The molecule has 0 spiro atoms. The van der Waals surface area contributed by atoms with E-state index in [1.165, 1.54) is 31.2 Å². The number of anilines is 2. The largest absolute Gasteiger partial charge is 0.385 e. The zero-order chi connectivity index (χ0) is 13.8. The first-order valence-electron chi connectivity index (χ1n) is 7.75. The number of aryl methyl sites for hydroxylation is 1. The van der Waals surface area contributed by atoms with Gasteiger partial charge in [0.2, 0.25) is 0 Å². The lowest BCUT2D eigenvalue weighted by Crippen LogP contribution is -2.39. The molecular weight excluding hydrogens is 250 g/mol. The van der Waals surface area contributed by atoms with Crippen LogP contribution in [-0.4, -0.2) is 18.6 Å². The number of nitrogens with one attached hydrogen (secondary N) is 3. The fourth-order valence-corrected chi connectivity index (χ4v) is 3.14. The molecule has 0 unspecified atom stereocenters. The standard InChI is InChI=1S/C16H23N3O/c20-16(18-13-6-2-1-3-7-13)19-14-9-8-12-5-4-10-17-15(12)11-14/h8-9,11,13,17H,1-7,10H2,(H2,18,19,20). The lowest BCUT2D eigenvalue weighted by molar-refractivity contribution is 0.244. The number of hydrogen-bond acceptors (Lipinski definition) is 2. The van der Waals surface area contributed by atoms with Gasteiger partial charge >= 0.3 is 6.03 Å². The summed E-state index contributed by atoms with van der Waals surface area (Å²) < 4.78 is 0. The average molecular weight is 273 g/mol. The normalized spacial score (nSPS) is 18.8. The quantitative estimate of drug-likeness (QED) is 0.772. The van der Waals surface area contributed by atoms with Crippen LogP contribution in [-0.2, 0) is 6.42 Å². The molecule has 1 aromatic rings. The summed E-state index contributed by atoms with van der Waals surface area (Å²) in [6, 6.07) is 6.41. The van der Waals surface area contributed by atoms with E-state index >= 15 is 0 Å². The molecule has 0 saturated heterocycles. The highest BCUT2D eigenvalue weighted by molar-refractivity contribution is 5.90. The van der Waals surface area contributed by atoms with Gasteiger partial charge in [-0.1, -0.05) is 25.3 Å². The van der Waals surface area contributed by atoms with Crippen LogP contribution in [0.15, 0.2) is 18.2 Å². The second-order valence-corrected chi connectivity index (χ2v) is 5.84. The monoisotopic (exact) mass is 273 g/mol. The van der Waals surface area contributed by atoms with Crippen LogP contribution in [0.4, 0.5) is 16.2 Å². The lowest BCUT2D eigenvalue weighted by atomic mass is 9.96. The summed E-state index contributed by atoms with van der Waals surface area (Å²) in [5, 5.41) is 9.41. The van der Waals surface area contributed by atoms with E-state index in [1.54, 1.807) is 0 Å². The Labute approximate surface area is 120 Å². The summed E-state index contributed by atoms with van der Waals surface area (Å²) in [5.74, 6) is 0. The number of rotatable bonds is 2. The molecule has 1 saturated carbocycles. The van der Waals surface area contributed by atoms with Gasteiger partial charge in [-0.3, -0.25) is 0 Å². The molecule has 3 rings (SSSR count). The first-order chi connectivity index (χ1) is 9.81. The molecule has 0 atom stereocenters. The highest BCUT2D eigenvalue weighted by atomic mass is 16.2. The third-order valence-corrected chi connectivity index (χ3v) is 4.25. The summed E-state index contributed by atoms with van der Waals surface area (Å²) in [4.78, 5) is 12.0. The second-order valence-electron chi connectivity index (χ2n) is 5.84. The molecule has 4 nitrogen and oxygen atoms in total. The molecule has 0 radical (unpaired) electrons. The van der Waals surface area contributed by atoms with Crippen molar-refractivity contribution in [3.05, 3.63) is 23.8 Å². The molecule has 4 heteroatoms.